The maximum Gasteiger partial charge on any atom is 0.234 e. The molecule has 2 saturated heterocycles. The number of nitrogens with zero attached hydrogens (tertiary/aromatic N) is 1. The molecule has 1 N–H and O–H groups in total. The Labute approximate surface area is 82.6 Å². The lowest BCUT2D eigenvalue weighted by Gasteiger charge is -2.16. The molecule has 3 aliphatic rings. The van der Waals surface area contributed by atoms with Gasteiger partial charge in [0.15, 0.2) is 0 Å². The van der Waals surface area contributed by atoms with Gasteiger partial charge in [-0.1, -0.05) is 0 Å². The van der Waals surface area contributed by atoms with Crippen molar-refractivity contribution in [2.45, 2.75) is 18.9 Å². The van der Waals surface area contributed by atoms with E-state index in [9.17, 15) is 9.59 Å². The van der Waals surface area contributed by atoms with Gasteiger partial charge in [0, 0.05) is 19.6 Å². The number of hydrogen-bond donors (Lipinski definition) is 1. The lowest BCUT2D eigenvalue weighted by Crippen LogP contribution is -2.37. The van der Waals surface area contributed by atoms with Crippen LogP contribution < -0.4 is 5.32 Å². The Hall–Kier alpha value is -0.900. The highest BCUT2D eigenvalue weighted by Gasteiger charge is 2.56. The molecule has 14 heavy (non-hydrogen) atoms. The van der Waals surface area contributed by atoms with E-state index in [1.54, 1.807) is 7.05 Å². The molecule has 0 aromatic rings. The molecule has 3 atom stereocenters. The number of amides is 2. The summed E-state index contributed by atoms with van der Waals surface area (Å²) in [5.74, 6) is 0.559. The number of nitrogens with one attached hydrogen (secondary N) is 1. The highest BCUT2D eigenvalue weighted by atomic mass is 16.2. The molecule has 76 valence electrons. The van der Waals surface area contributed by atoms with Gasteiger partial charge in [-0.15, -0.1) is 0 Å². The van der Waals surface area contributed by atoms with Gasteiger partial charge in [0.2, 0.25) is 11.8 Å². The summed E-state index contributed by atoms with van der Waals surface area (Å²) in [7, 11) is 1.60. The summed E-state index contributed by atoms with van der Waals surface area (Å²) in [5, 5.41) is 3.33. The van der Waals surface area contributed by atoms with Gasteiger partial charge in [-0.05, 0) is 18.8 Å². The molecule has 3 unspecified atom stereocenters. The summed E-state index contributed by atoms with van der Waals surface area (Å²) in [6, 6.07) is 0.279. The van der Waals surface area contributed by atoms with Gasteiger partial charge in [-0.2, -0.15) is 0 Å². The van der Waals surface area contributed by atoms with Crippen molar-refractivity contribution < 1.29 is 9.59 Å². The monoisotopic (exact) mass is 194 g/mol. The SMILES string of the molecule is CN1C(=O)C2CNC(C3CC3)C2C1=O. The zero-order chi connectivity index (χ0) is 9.87. The number of imide groups is 1. The van der Waals surface area contributed by atoms with E-state index in [0.29, 0.717) is 12.5 Å². The molecule has 1 aliphatic carbocycles. The Balaban J connectivity index is 1.90. The number of carbonyl (C=O) groups is 2. The number of hydrogen-bond acceptors (Lipinski definition) is 3. The molecule has 0 radical (unpaired) electrons. The van der Waals surface area contributed by atoms with Crippen molar-refractivity contribution in [2.75, 3.05) is 13.6 Å². The van der Waals surface area contributed by atoms with Crippen LogP contribution in [0.3, 0.4) is 0 Å². The summed E-state index contributed by atoms with van der Waals surface area (Å²) < 4.78 is 0. The number of carbonyl (C=O) groups excluding carboxylic acids is 2. The molecule has 2 amide bonds. The van der Waals surface area contributed by atoms with E-state index in [0.717, 1.165) is 0 Å². The maximum absolute atomic E-state index is 11.8. The predicted molar refractivity (Wildman–Crippen MR) is 49.3 cm³/mol. The highest BCUT2D eigenvalue weighted by molar-refractivity contribution is 6.05. The predicted octanol–water partition coefficient (Wildman–Crippen LogP) is -0.401. The van der Waals surface area contributed by atoms with Gasteiger partial charge in [0.25, 0.3) is 0 Å². The van der Waals surface area contributed by atoms with Crippen LogP contribution in [0.2, 0.25) is 0 Å². The summed E-state index contributed by atoms with van der Waals surface area (Å²) in [6.45, 7) is 0.695. The molecule has 2 aliphatic heterocycles. The summed E-state index contributed by atoms with van der Waals surface area (Å²) in [4.78, 5) is 24.8. The molecule has 4 heteroatoms. The van der Waals surface area contributed by atoms with Crippen molar-refractivity contribution >= 4 is 11.8 Å². The van der Waals surface area contributed by atoms with Crippen molar-refractivity contribution in [2.24, 2.45) is 17.8 Å². The standard InChI is InChI=1S/C10H14N2O2/c1-12-9(13)6-4-11-8(5-2-3-5)7(6)10(12)14/h5-8,11H,2-4H2,1H3. The van der Waals surface area contributed by atoms with Crippen LogP contribution in [0.5, 0.6) is 0 Å². The van der Waals surface area contributed by atoms with Crippen LogP contribution in [-0.4, -0.2) is 36.3 Å². The largest absolute Gasteiger partial charge is 0.312 e. The number of rotatable bonds is 1. The first kappa shape index (κ1) is 8.41. The molecule has 0 aromatic carbocycles. The molecule has 3 rings (SSSR count). The van der Waals surface area contributed by atoms with Crippen molar-refractivity contribution in [1.29, 1.82) is 0 Å². The molecule has 0 aromatic heterocycles. The van der Waals surface area contributed by atoms with E-state index < -0.39 is 0 Å². The summed E-state index contributed by atoms with van der Waals surface area (Å²) in [6.07, 6.45) is 2.43. The van der Waals surface area contributed by atoms with Crippen LogP contribution in [0, 0.1) is 17.8 Å². The third-order valence-electron chi connectivity index (χ3n) is 3.79. The van der Waals surface area contributed by atoms with Gasteiger partial charge < -0.3 is 5.32 Å². The molecule has 4 nitrogen and oxygen atoms in total. The topological polar surface area (TPSA) is 49.4 Å². The van der Waals surface area contributed by atoms with E-state index in [2.05, 4.69) is 5.32 Å². The van der Waals surface area contributed by atoms with E-state index >= 15 is 0 Å². The van der Waals surface area contributed by atoms with Crippen molar-refractivity contribution in [3.8, 4) is 0 Å². The molecule has 0 spiro atoms. The van der Waals surface area contributed by atoms with Crippen LogP contribution in [0.15, 0.2) is 0 Å². The Morgan fingerprint density at radius 1 is 1.29 bits per heavy atom. The molecular weight excluding hydrogens is 180 g/mol. The number of fused-ring (bicyclic) bond motifs is 1. The average Bonchev–Trinajstić information content (AvgIpc) is 2.90. The van der Waals surface area contributed by atoms with E-state index in [1.165, 1.54) is 17.7 Å². The van der Waals surface area contributed by atoms with E-state index in [-0.39, 0.29) is 29.7 Å². The Bertz CT molecular complexity index is 311. The van der Waals surface area contributed by atoms with E-state index in [4.69, 9.17) is 0 Å². The van der Waals surface area contributed by atoms with Gasteiger partial charge in [0.1, 0.15) is 0 Å². The van der Waals surface area contributed by atoms with Crippen molar-refractivity contribution in [1.82, 2.24) is 10.2 Å². The zero-order valence-electron chi connectivity index (χ0n) is 8.19. The second-order valence-electron chi connectivity index (χ2n) is 4.64. The lowest BCUT2D eigenvalue weighted by atomic mass is 9.91. The number of likely N-dealkylation sites (tertiary alicyclic amines) is 1. The second kappa shape index (κ2) is 2.57. The molecule has 2 heterocycles. The summed E-state index contributed by atoms with van der Waals surface area (Å²) >= 11 is 0. The molecular formula is C10H14N2O2. The molecule has 1 saturated carbocycles. The Morgan fingerprint density at radius 3 is 2.64 bits per heavy atom. The first-order valence-corrected chi connectivity index (χ1v) is 5.25. The molecule has 0 bridgehead atoms. The van der Waals surface area contributed by atoms with Gasteiger partial charge in [0.05, 0.1) is 11.8 Å². The smallest absolute Gasteiger partial charge is 0.234 e. The van der Waals surface area contributed by atoms with Crippen molar-refractivity contribution in [3.63, 3.8) is 0 Å². The van der Waals surface area contributed by atoms with E-state index in [1.807, 2.05) is 0 Å². The van der Waals surface area contributed by atoms with Crippen LogP contribution >= 0.6 is 0 Å². The third-order valence-corrected chi connectivity index (χ3v) is 3.79. The lowest BCUT2D eigenvalue weighted by molar-refractivity contribution is -0.138. The Morgan fingerprint density at radius 2 is 2.00 bits per heavy atom. The highest BCUT2D eigenvalue weighted by Crippen LogP contribution is 2.43. The second-order valence-corrected chi connectivity index (χ2v) is 4.64. The Kier molecular flexibility index (Phi) is 1.54. The van der Waals surface area contributed by atoms with Crippen LogP contribution in [0.1, 0.15) is 12.8 Å². The van der Waals surface area contributed by atoms with Gasteiger partial charge in [-0.25, -0.2) is 0 Å². The first-order chi connectivity index (χ1) is 6.70. The minimum atomic E-state index is -0.0712. The average molecular weight is 194 g/mol. The maximum atomic E-state index is 11.8. The van der Waals surface area contributed by atoms with Crippen LogP contribution in [-0.2, 0) is 9.59 Å². The van der Waals surface area contributed by atoms with Crippen LogP contribution in [0.4, 0.5) is 0 Å². The first-order valence-electron chi connectivity index (χ1n) is 5.25. The summed E-state index contributed by atoms with van der Waals surface area (Å²) in [5.41, 5.74) is 0. The zero-order valence-corrected chi connectivity index (χ0v) is 8.19. The fourth-order valence-corrected chi connectivity index (χ4v) is 2.83. The fraction of sp³-hybridized carbons (Fsp3) is 0.800. The van der Waals surface area contributed by atoms with Crippen molar-refractivity contribution in [3.05, 3.63) is 0 Å². The fourth-order valence-electron chi connectivity index (χ4n) is 2.83. The third kappa shape index (κ3) is 0.919. The van der Waals surface area contributed by atoms with Gasteiger partial charge >= 0.3 is 0 Å². The normalized spacial score (nSPS) is 42.1. The van der Waals surface area contributed by atoms with Crippen LogP contribution in [0.25, 0.3) is 0 Å². The minimum absolute atomic E-state index is 0.00986. The molecule has 3 fully saturated rings. The minimum Gasteiger partial charge on any atom is -0.312 e. The van der Waals surface area contributed by atoms with Gasteiger partial charge in [-0.3, -0.25) is 14.5 Å². The quantitative estimate of drug-likeness (QED) is 0.578.